The third-order valence-corrected chi connectivity index (χ3v) is 14.9. The molecule has 5 aromatic rings. The Morgan fingerprint density at radius 1 is 0.955 bits per heavy atom. The number of benzene rings is 4. The lowest BCUT2D eigenvalue weighted by Crippen LogP contribution is -2.48. The van der Waals surface area contributed by atoms with E-state index in [9.17, 15) is 25.5 Å². The zero-order valence-electron chi connectivity index (χ0n) is 37.9. The predicted octanol–water partition coefficient (Wildman–Crippen LogP) is 10.1. The highest BCUT2D eigenvalue weighted by atomic mass is 16.5. The Kier molecular flexibility index (Phi) is 13.1. The van der Waals surface area contributed by atoms with Gasteiger partial charge in [0.05, 0.1) is 25.7 Å². The van der Waals surface area contributed by atoms with Crippen molar-refractivity contribution in [3.8, 4) is 34.5 Å². The van der Waals surface area contributed by atoms with Crippen LogP contribution in [0.1, 0.15) is 86.6 Å². The number of fused-ring (bicyclic) bond motifs is 5. The number of carbonyl (C=O) groups is 1. The molecule has 66 heavy (non-hydrogen) atoms. The summed E-state index contributed by atoms with van der Waals surface area (Å²) < 4.78 is 11.7. The van der Waals surface area contributed by atoms with Gasteiger partial charge in [0.1, 0.15) is 17.4 Å². The normalized spacial score (nSPS) is 24.8. The van der Waals surface area contributed by atoms with Crippen molar-refractivity contribution in [1.82, 2.24) is 10.3 Å². The number of aryl methyl sites for hydroxylation is 2. The lowest BCUT2D eigenvalue weighted by Gasteiger charge is -2.46. The minimum atomic E-state index is -1.04. The van der Waals surface area contributed by atoms with Gasteiger partial charge < -0.3 is 50.6 Å². The van der Waals surface area contributed by atoms with Gasteiger partial charge in [-0.05, 0) is 169 Å². The van der Waals surface area contributed by atoms with Crippen LogP contribution in [-0.2, 0) is 24.1 Å². The molecule has 9 rings (SSSR count). The summed E-state index contributed by atoms with van der Waals surface area (Å²) in [5, 5.41) is 65.5. The van der Waals surface area contributed by atoms with Crippen LogP contribution in [0.3, 0.4) is 0 Å². The summed E-state index contributed by atoms with van der Waals surface area (Å²) in [5.41, 5.74) is 4.80. The van der Waals surface area contributed by atoms with E-state index in [4.69, 9.17) is 9.47 Å². The third kappa shape index (κ3) is 9.23. The van der Waals surface area contributed by atoms with Crippen molar-refractivity contribution in [2.75, 3.05) is 25.6 Å². The van der Waals surface area contributed by atoms with Crippen LogP contribution in [0, 0.1) is 29.1 Å². The van der Waals surface area contributed by atoms with Crippen LogP contribution in [0.15, 0.2) is 115 Å². The molecular weight excluding hydrogens is 831 g/mol. The van der Waals surface area contributed by atoms with E-state index in [0.29, 0.717) is 68.9 Å². The van der Waals surface area contributed by atoms with Gasteiger partial charge in [-0.1, -0.05) is 49.8 Å². The largest absolute Gasteiger partial charge is 0.508 e. The predicted molar refractivity (Wildman–Crippen MR) is 257 cm³/mol. The van der Waals surface area contributed by atoms with Crippen LogP contribution in [0.25, 0.3) is 10.8 Å². The molecule has 4 aliphatic rings. The number of methoxy groups -OCH3 is 1. The van der Waals surface area contributed by atoms with E-state index < -0.39 is 23.4 Å². The monoisotopic (exact) mass is 893 g/mol. The molecule has 4 aromatic carbocycles. The Bertz CT molecular complexity index is 2650. The van der Waals surface area contributed by atoms with E-state index >= 15 is 4.79 Å². The van der Waals surface area contributed by atoms with Crippen LogP contribution >= 0.6 is 0 Å². The number of aromatic hydroxyl groups is 4. The Morgan fingerprint density at radius 3 is 2.65 bits per heavy atom. The number of nitrogens with one attached hydrogen (secondary N) is 3. The second-order valence-electron chi connectivity index (χ2n) is 19.2. The minimum absolute atomic E-state index is 0.0112. The molecule has 1 fully saturated rings. The molecule has 11 nitrogen and oxygen atoms in total. The minimum Gasteiger partial charge on any atom is -0.508 e. The maximum absolute atomic E-state index is 16.0. The first-order valence-corrected chi connectivity index (χ1v) is 23.7. The fraction of sp³-hybridized carbons (Fsp3) is 0.400. The highest BCUT2D eigenvalue weighted by molar-refractivity contribution is 5.91. The molecule has 1 saturated carbocycles. The second kappa shape index (κ2) is 19.3. The van der Waals surface area contributed by atoms with E-state index in [0.717, 1.165) is 70.4 Å². The van der Waals surface area contributed by atoms with Gasteiger partial charge in [0.25, 0.3) is 0 Å². The van der Waals surface area contributed by atoms with Crippen LogP contribution in [0.2, 0.25) is 0 Å². The number of ketones is 1. The van der Waals surface area contributed by atoms with Crippen molar-refractivity contribution in [3.63, 3.8) is 0 Å². The lowest BCUT2D eigenvalue weighted by atomic mass is 9.58. The number of hydrogen-bond donors (Lipinski definition) is 8. The highest BCUT2D eigenvalue weighted by Crippen LogP contribution is 2.58. The number of anilines is 1. The standard InChI is InChI=1S/C55H63N3O8/c1-33-6-3-7-35(24-33)32-66-51-29-38(28-49(63)54(51)64)36-12-15-44-43-16-14-42(59)26-37(43)13-17-45(44)58-52-31-40(20-23-57-52)55(21-4-8-39(55)30-41-9-5-22-56-41)53(48(62)27-36)47(61)19-11-34-10-18-46(60)50(25-34)65-2/h3,5,7,9-10,13-14,16-18,20,22,25-26,28-29,31,33,35-36,39,47,53,56-61,63-64H,4,6,8,11-12,15,19,21,23-24,27,30,32H2,1-2H3/t33-,35-,36-,39-,47-,53-,55-/m1/s1. The van der Waals surface area contributed by atoms with Gasteiger partial charge in [-0.2, -0.15) is 0 Å². The Balaban J connectivity index is 1.17. The lowest BCUT2D eigenvalue weighted by molar-refractivity contribution is -0.134. The average molecular weight is 894 g/mol. The number of dihydropyridines is 1. The molecule has 2 bridgehead atoms. The Labute approximate surface area is 386 Å². The number of hydrogen-bond acceptors (Lipinski definition) is 10. The first-order valence-electron chi connectivity index (χ1n) is 23.7. The van der Waals surface area contributed by atoms with Gasteiger partial charge >= 0.3 is 0 Å². The Hall–Kier alpha value is -6.33. The van der Waals surface area contributed by atoms with E-state index in [-0.39, 0.29) is 52.8 Å². The number of H-pyrrole nitrogens is 1. The summed E-state index contributed by atoms with van der Waals surface area (Å²) in [5.74, 6) is 0.237. The summed E-state index contributed by atoms with van der Waals surface area (Å²) in [6.07, 6.45) is 16.5. The number of aliphatic hydroxyl groups excluding tert-OH is 1. The molecule has 0 saturated heterocycles. The second-order valence-corrected chi connectivity index (χ2v) is 19.2. The number of allylic oxidation sites excluding steroid dienone is 3. The van der Waals surface area contributed by atoms with Crippen molar-refractivity contribution in [1.29, 1.82) is 0 Å². The number of aromatic amines is 1. The summed E-state index contributed by atoms with van der Waals surface area (Å²) in [4.78, 5) is 19.4. The molecule has 0 amide bonds. The zero-order chi connectivity index (χ0) is 46.0. The molecule has 0 unspecified atom stereocenters. The summed E-state index contributed by atoms with van der Waals surface area (Å²) in [6.45, 7) is 3.08. The maximum Gasteiger partial charge on any atom is 0.200 e. The van der Waals surface area contributed by atoms with Gasteiger partial charge in [-0.3, -0.25) is 4.79 Å². The van der Waals surface area contributed by atoms with E-state index in [2.05, 4.69) is 52.9 Å². The third-order valence-electron chi connectivity index (χ3n) is 14.9. The molecule has 346 valence electrons. The molecule has 0 radical (unpaired) electrons. The average Bonchev–Trinajstić information content (AvgIpc) is 3.99. The molecule has 2 aliphatic heterocycles. The zero-order valence-corrected chi connectivity index (χ0v) is 37.9. The Morgan fingerprint density at radius 2 is 1.83 bits per heavy atom. The van der Waals surface area contributed by atoms with Gasteiger partial charge in [0, 0.05) is 41.9 Å². The number of carbonyl (C=O) groups excluding carboxylic acids is 1. The van der Waals surface area contributed by atoms with Crippen LogP contribution in [-0.4, -0.2) is 62.7 Å². The number of rotatable bonds is 11. The number of Topliss-reactive ketones (excluding diaryl/α,β-unsaturated/α-hetero) is 1. The van der Waals surface area contributed by atoms with E-state index in [1.807, 2.05) is 36.5 Å². The fourth-order valence-corrected chi connectivity index (χ4v) is 11.7. The van der Waals surface area contributed by atoms with Gasteiger partial charge in [-0.15, -0.1) is 0 Å². The smallest absolute Gasteiger partial charge is 0.200 e. The van der Waals surface area contributed by atoms with Crippen molar-refractivity contribution < 1.29 is 39.8 Å². The van der Waals surface area contributed by atoms with E-state index in [1.165, 1.54) is 7.11 Å². The quantitative estimate of drug-likeness (QED) is 0.0471. The number of phenolic OH excluding ortho intramolecular Hbond substituents is 4. The van der Waals surface area contributed by atoms with Gasteiger partial charge in [-0.25, -0.2) is 0 Å². The maximum atomic E-state index is 16.0. The molecule has 1 spiro atoms. The van der Waals surface area contributed by atoms with Gasteiger partial charge in [0.2, 0.25) is 5.75 Å². The topological polar surface area (TPSA) is 177 Å². The van der Waals surface area contributed by atoms with Crippen molar-refractivity contribution in [2.45, 2.75) is 89.6 Å². The number of aromatic nitrogens is 1. The first kappa shape index (κ1) is 44.9. The highest BCUT2D eigenvalue weighted by Gasteiger charge is 2.55. The fourth-order valence-electron chi connectivity index (χ4n) is 11.7. The molecule has 7 atom stereocenters. The SMILES string of the molecule is COc1cc(CC[C@@H](O)[C@@H]2C(=O)C[C@H](c3cc(O)c(O)c(OC[C@@H]4C=CC[C@@H](C)C4)c3)CCc3c(ccc4cc(O)ccc34)NC3=CC(=CCN3)[C@]23CCC[C@@H]3Cc2ccc[nH]2)ccc1O. The molecule has 2 aliphatic carbocycles. The van der Waals surface area contributed by atoms with E-state index in [1.54, 1.807) is 36.4 Å². The molecule has 3 heterocycles. The van der Waals surface area contributed by atoms with Crippen LogP contribution < -0.4 is 20.1 Å². The molecule has 8 N–H and O–H groups in total. The summed E-state index contributed by atoms with van der Waals surface area (Å²) in [6, 6.07) is 22.1. The van der Waals surface area contributed by atoms with Crippen molar-refractivity contribution in [3.05, 3.63) is 137 Å². The van der Waals surface area contributed by atoms with Crippen LogP contribution in [0.4, 0.5) is 5.69 Å². The summed E-state index contributed by atoms with van der Waals surface area (Å²) in [7, 11) is 1.51. The number of ether oxygens (including phenoxy) is 2. The number of phenols is 4. The van der Waals surface area contributed by atoms with Crippen molar-refractivity contribution >= 4 is 22.2 Å². The van der Waals surface area contributed by atoms with Crippen LogP contribution in [0.5, 0.6) is 34.5 Å². The molecule has 11 heteroatoms. The van der Waals surface area contributed by atoms with Gasteiger partial charge in [0.15, 0.2) is 23.0 Å². The molecular formula is C55H63N3O8. The summed E-state index contributed by atoms with van der Waals surface area (Å²) >= 11 is 0. The molecule has 1 aromatic heterocycles. The first-order chi connectivity index (χ1) is 32.0. The van der Waals surface area contributed by atoms with Crippen molar-refractivity contribution in [2.24, 2.45) is 29.1 Å². The number of aliphatic hydroxyl groups is 1.